The minimum absolute atomic E-state index is 0.230. The van der Waals surface area contributed by atoms with Gasteiger partial charge in [0, 0.05) is 15.8 Å². The van der Waals surface area contributed by atoms with Gasteiger partial charge in [-0.05, 0) is 52.9 Å². The molecule has 0 saturated heterocycles. The fourth-order valence-corrected chi connectivity index (χ4v) is 4.71. The zero-order chi connectivity index (χ0) is 14.0. The van der Waals surface area contributed by atoms with Crippen molar-refractivity contribution in [3.8, 4) is 0 Å². The van der Waals surface area contributed by atoms with Crippen molar-refractivity contribution in [1.82, 2.24) is 4.72 Å². The van der Waals surface area contributed by atoms with Crippen molar-refractivity contribution in [2.24, 2.45) is 5.92 Å². The Morgan fingerprint density at radius 3 is 2.68 bits per heavy atom. The molecule has 1 aromatic rings. The number of hydrogen-bond acceptors (Lipinski definition) is 2. The molecule has 1 aliphatic rings. The Labute approximate surface area is 135 Å². The topological polar surface area (TPSA) is 46.2 Å². The van der Waals surface area contributed by atoms with E-state index >= 15 is 0 Å². The van der Waals surface area contributed by atoms with Crippen molar-refractivity contribution < 1.29 is 8.42 Å². The first-order valence-corrected chi connectivity index (χ1v) is 9.56. The summed E-state index contributed by atoms with van der Waals surface area (Å²) in [4.78, 5) is 0.639. The van der Waals surface area contributed by atoms with Gasteiger partial charge < -0.3 is 0 Å². The number of nitrogens with one attached hydrogen (secondary N) is 1. The maximum Gasteiger partial charge on any atom is 0.240 e. The summed E-state index contributed by atoms with van der Waals surface area (Å²) in [5.41, 5.74) is 0. The van der Waals surface area contributed by atoms with E-state index in [-0.39, 0.29) is 4.90 Å². The Kier molecular flexibility index (Phi) is 5.34. The van der Waals surface area contributed by atoms with Crippen LogP contribution >= 0.6 is 43.5 Å². The molecule has 0 bridgehead atoms. The molecule has 1 aliphatic carbocycles. The van der Waals surface area contributed by atoms with E-state index in [2.05, 4.69) is 36.6 Å². The van der Waals surface area contributed by atoms with E-state index in [1.165, 1.54) is 12.1 Å². The third-order valence-corrected chi connectivity index (χ3v) is 7.14. The highest BCUT2D eigenvalue weighted by Crippen LogP contribution is 2.31. The molecule has 2 atom stereocenters. The summed E-state index contributed by atoms with van der Waals surface area (Å²) < 4.78 is 27.6. The summed E-state index contributed by atoms with van der Waals surface area (Å²) in [6.07, 6.45) is 3.32. The molecule has 3 nitrogen and oxygen atoms in total. The van der Waals surface area contributed by atoms with Gasteiger partial charge in [0.25, 0.3) is 0 Å². The lowest BCUT2D eigenvalue weighted by Gasteiger charge is -2.15. The van der Waals surface area contributed by atoms with Crippen molar-refractivity contribution >= 4 is 53.5 Å². The lowest BCUT2D eigenvalue weighted by atomic mass is 10.1. The predicted octanol–water partition coefficient (Wildman–Crippen LogP) is 3.94. The first-order valence-electron chi connectivity index (χ1n) is 5.99. The van der Waals surface area contributed by atoms with Gasteiger partial charge in [-0.15, -0.1) is 0 Å². The maximum absolute atomic E-state index is 12.2. The second kappa shape index (κ2) is 6.43. The molecule has 0 heterocycles. The first-order chi connectivity index (χ1) is 8.90. The average Bonchev–Trinajstić information content (AvgIpc) is 2.76. The molecule has 2 rings (SSSR count). The number of halogens is 3. The van der Waals surface area contributed by atoms with Crippen LogP contribution in [-0.2, 0) is 10.0 Å². The van der Waals surface area contributed by atoms with E-state index in [1.54, 1.807) is 6.07 Å². The summed E-state index contributed by atoms with van der Waals surface area (Å²) in [5, 5.41) is 0.496. The van der Waals surface area contributed by atoms with Crippen molar-refractivity contribution in [3.05, 3.63) is 27.7 Å². The summed E-state index contributed by atoms with van der Waals surface area (Å²) in [5.74, 6) is 0.366. The summed E-state index contributed by atoms with van der Waals surface area (Å²) >= 11 is 12.7. The Balaban J connectivity index is 2.07. The van der Waals surface area contributed by atoms with E-state index in [1.807, 2.05) is 0 Å². The first kappa shape index (κ1) is 15.8. The summed E-state index contributed by atoms with van der Waals surface area (Å²) in [6, 6.07) is 4.60. The molecular weight excluding hydrogens is 417 g/mol. The molecule has 0 amide bonds. The lowest BCUT2D eigenvalue weighted by molar-refractivity contribution is 0.529. The third-order valence-electron chi connectivity index (χ3n) is 3.30. The van der Waals surface area contributed by atoms with Gasteiger partial charge in [0.05, 0.1) is 9.92 Å². The molecule has 106 valence electrons. The van der Waals surface area contributed by atoms with Gasteiger partial charge >= 0.3 is 0 Å². The number of sulfonamides is 1. The fraction of sp³-hybridized carbons (Fsp3) is 0.500. The SMILES string of the molecule is O=S(=O)(NCC1CCCC1Br)c1ccc(Cl)c(Br)c1. The standard InChI is InChI=1S/C12H14Br2ClNO2S/c13-10-3-1-2-8(10)7-16-19(17,18)9-4-5-12(15)11(14)6-9/h4-6,8,10,16H,1-3,7H2. The van der Waals surface area contributed by atoms with E-state index in [9.17, 15) is 8.42 Å². The van der Waals surface area contributed by atoms with Crippen molar-refractivity contribution in [2.75, 3.05) is 6.54 Å². The molecule has 1 saturated carbocycles. The molecule has 2 unspecified atom stereocenters. The minimum Gasteiger partial charge on any atom is -0.211 e. The number of rotatable bonds is 4. The van der Waals surface area contributed by atoms with Gasteiger partial charge in [-0.25, -0.2) is 13.1 Å². The quantitative estimate of drug-likeness (QED) is 0.734. The van der Waals surface area contributed by atoms with Crippen LogP contribution < -0.4 is 4.72 Å². The molecule has 0 radical (unpaired) electrons. The molecular formula is C12H14Br2ClNO2S. The van der Waals surface area contributed by atoms with Gasteiger partial charge in [-0.3, -0.25) is 0 Å². The van der Waals surface area contributed by atoms with E-state index in [0.717, 1.165) is 19.3 Å². The monoisotopic (exact) mass is 429 g/mol. The largest absolute Gasteiger partial charge is 0.240 e. The predicted molar refractivity (Wildman–Crippen MR) is 84.4 cm³/mol. The smallest absolute Gasteiger partial charge is 0.211 e. The van der Waals surface area contributed by atoms with Crippen LogP contribution in [0.3, 0.4) is 0 Å². The van der Waals surface area contributed by atoms with Crippen molar-refractivity contribution in [1.29, 1.82) is 0 Å². The van der Waals surface area contributed by atoms with Crippen LogP contribution in [0.1, 0.15) is 19.3 Å². The lowest BCUT2D eigenvalue weighted by Crippen LogP contribution is -2.31. The highest BCUT2D eigenvalue weighted by molar-refractivity contribution is 9.10. The Morgan fingerprint density at radius 2 is 2.11 bits per heavy atom. The van der Waals surface area contributed by atoms with E-state index < -0.39 is 10.0 Å². The third kappa shape index (κ3) is 3.94. The van der Waals surface area contributed by atoms with E-state index in [4.69, 9.17) is 11.6 Å². The maximum atomic E-state index is 12.2. The number of benzene rings is 1. The molecule has 1 fully saturated rings. The van der Waals surface area contributed by atoms with Crippen LogP contribution in [0.2, 0.25) is 5.02 Å². The highest BCUT2D eigenvalue weighted by atomic mass is 79.9. The van der Waals surface area contributed by atoms with Crippen molar-refractivity contribution in [2.45, 2.75) is 29.0 Å². The van der Waals surface area contributed by atoms with Gasteiger partial charge in [0.1, 0.15) is 0 Å². The second-order valence-corrected chi connectivity index (χ2v) is 8.84. The van der Waals surface area contributed by atoms with Crippen molar-refractivity contribution in [3.63, 3.8) is 0 Å². The minimum atomic E-state index is -3.47. The van der Waals surface area contributed by atoms with E-state index in [0.29, 0.717) is 26.8 Å². The normalized spacial score (nSPS) is 23.7. The van der Waals surface area contributed by atoms with Crippen LogP contribution in [0.15, 0.2) is 27.6 Å². The van der Waals surface area contributed by atoms with Gasteiger partial charge in [0.2, 0.25) is 10.0 Å². The number of hydrogen-bond donors (Lipinski definition) is 1. The summed E-state index contributed by atoms with van der Waals surface area (Å²) in [6.45, 7) is 0.471. The Morgan fingerprint density at radius 1 is 1.37 bits per heavy atom. The molecule has 0 aromatic heterocycles. The molecule has 1 aromatic carbocycles. The average molecular weight is 432 g/mol. The van der Waals surface area contributed by atoms with Gasteiger partial charge in [0.15, 0.2) is 0 Å². The van der Waals surface area contributed by atoms with Crippen LogP contribution in [0, 0.1) is 5.92 Å². The van der Waals surface area contributed by atoms with Crippen LogP contribution in [-0.4, -0.2) is 19.8 Å². The van der Waals surface area contributed by atoms with Crippen LogP contribution in [0.25, 0.3) is 0 Å². The second-order valence-electron chi connectivity index (χ2n) is 4.63. The zero-order valence-electron chi connectivity index (χ0n) is 10.1. The Bertz CT molecular complexity index is 565. The summed E-state index contributed by atoms with van der Waals surface area (Å²) in [7, 11) is -3.47. The molecule has 0 aliphatic heterocycles. The van der Waals surface area contributed by atoms with Crippen LogP contribution in [0.5, 0.6) is 0 Å². The zero-order valence-corrected chi connectivity index (χ0v) is 14.8. The molecule has 7 heteroatoms. The fourth-order valence-electron chi connectivity index (χ4n) is 2.17. The van der Waals surface area contributed by atoms with Gasteiger partial charge in [-0.2, -0.15) is 0 Å². The molecule has 0 spiro atoms. The number of alkyl halides is 1. The molecule has 1 N–H and O–H groups in total. The van der Waals surface area contributed by atoms with Crippen LogP contribution in [0.4, 0.5) is 0 Å². The van der Waals surface area contributed by atoms with Gasteiger partial charge in [-0.1, -0.05) is 34.0 Å². The molecule has 19 heavy (non-hydrogen) atoms. The highest BCUT2D eigenvalue weighted by Gasteiger charge is 2.26. The Hall–Kier alpha value is 0.380.